The van der Waals surface area contributed by atoms with Crippen LogP contribution in [-0.4, -0.2) is 64.4 Å². The van der Waals surface area contributed by atoms with Gasteiger partial charge in [0.1, 0.15) is 28.7 Å². The van der Waals surface area contributed by atoms with Crippen LogP contribution in [0.4, 0.5) is 5.82 Å². The molecule has 198 valence electrons. The van der Waals surface area contributed by atoms with E-state index in [0.29, 0.717) is 33.3 Å². The highest BCUT2D eigenvalue weighted by Gasteiger charge is 2.64. The van der Waals surface area contributed by atoms with E-state index in [0.717, 1.165) is 12.0 Å². The Bertz CT molecular complexity index is 1650. The minimum absolute atomic E-state index is 0.0218. The fraction of sp³-hybridized carbons (Fsp3) is 0.296. The third kappa shape index (κ3) is 4.54. The molecule has 0 unspecified atom stereocenters. The minimum atomic E-state index is -0.628. The number of ketones is 1. The predicted octanol–water partition coefficient (Wildman–Crippen LogP) is 3.58. The topological polar surface area (TPSA) is 143 Å². The Kier molecular flexibility index (Phi) is 5.94. The molecule has 2 aliphatic rings. The van der Waals surface area contributed by atoms with Crippen LogP contribution in [0.5, 0.6) is 6.01 Å². The van der Waals surface area contributed by atoms with Gasteiger partial charge in [0.25, 0.3) is 0 Å². The van der Waals surface area contributed by atoms with Gasteiger partial charge in [-0.15, -0.1) is 0 Å². The molecule has 2 N–H and O–H groups in total. The number of aromatic hydroxyl groups is 1. The zero-order valence-corrected chi connectivity index (χ0v) is 22.7. The van der Waals surface area contributed by atoms with Crippen molar-refractivity contribution in [3.05, 3.63) is 59.1 Å². The molecule has 1 saturated heterocycles. The third-order valence-corrected chi connectivity index (χ3v) is 7.97. The van der Waals surface area contributed by atoms with Crippen molar-refractivity contribution >= 4 is 50.2 Å². The molecule has 0 bridgehead atoms. The van der Waals surface area contributed by atoms with Crippen molar-refractivity contribution in [1.29, 1.82) is 0 Å². The van der Waals surface area contributed by atoms with E-state index in [-0.39, 0.29) is 47.3 Å². The fourth-order valence-electron chi connectivity index (χ4n) is 5.47. The molecule has 1 aromatic carbocycles. The van der Waals surface area contributed by atoms with E-state index in [2.05, 4.69) is 48.2 Å². The highest BCUT2D eigenvalue weighted by molar-refractivity contribution is 9.10. The maximum atomic E-state index is 13.7. The highest BCUT2D eigenvalue weighted by atomic mass is 79.9. The van der Waals surface area contributed by atoms with Crippen LogP contribution in [0, 0.1) is 5.41 Å². The molecule has 2 amide bonds. The van der Waals surface area contributed by atoms with E-state index >= 15 is 0 Å². The van der Waals surface area contributed by atoms with Crippen molar-refractivity contribution in [1.82, 2.24) is 29.6 Å². The molecule has 1 aliphatic carbocycles. The average molecular weight is 590 g/mol. The first-order valence-corrected chi connectivity index (χ1v) is 13.2. The van der Waals surface area contributed by atoms with Crippen LogP contribution >= 0.6 is 15.9 Å². The molecular formula is C27H24BrN7O4. The monoisotopic (exact) mass is 589 g/mol. The van der Waals surface area contributed by atoms with Gasteiger partial charge in [0, 0.05) is 36.3 Å². The van der Waals surface area contributed by atoms with Gasteiger partial charge in [-0.1, -0.05) is 19.1 Å². The summed E-state index contributed by atoms with van der Waals surface area (Å²) >= 11 is 3.31. The van der Waals surface area contributed by atoms with E-state index in [9.17, 15) is 19.5 Å². The van der Waals surface area contributed by atoms with Crippen LogP contribution < -0.4 is 5.32 Å². The zero-order chi connectivity index (χ0) is 27.5. The summed E-state index contributed by atoms with van der Waals surface area (Å²) < 4.78 is 2.12. The van der Waals surface area contributed by atoms with Gasteiger partial charge >= 0.3 is 6.01 Å². The zero-order valence-electron chi connectivity index (χ0n) is 21.1. The van der Waals surface area contributed by atoms with Gasteiger partial charge < -0.3 is 15.3 Å². The molecule has 4 aromatic rings. The van der Waals surface area contributed by atoms with Crippen molar-refractivity contribution in [2.75, 3.05) is 5.32 Å². The second-order valence-corrected chi connectivity index (χ2v) is 11.1. The molecule has 39 heavy (non-hydrogen) atoms. The Balaban J connectivity index is 1.29. The van der Waals surface area contributed by atoms with E-state index in [1.165, 1.54) is 24.0 Å². The van der Waals surface area contributed by atoms with Crippen LogP contribution in [-0.2, 0) is 16.1 Å². The van der Waals surface area contributed by atoms with Crippen LogP contribution in [0.2, 0.25) is 0 Å². The lowest BCUT2D eigenvalue weighted by atomic mass is 10.0. The summed E-state index contributed by atoms with van der Waals surface area (Å²) in [5, 5.41) is 17.3. The van der Waals surface area contributed by atoms with Gasteiger partial charge in [0.2, 0.25) is 11.8 Å². The quantitative estimate of drug-likeness (QED) is 0.256. The van der Waals surface area contributed by atoms with Crippen LogP contribution in [0.3, 0.4) is 0 Å². The first-order chi connectivity index (χ1) is 18.6. The Morgan fingerprint density at radius 1 is 1.13 bits per heavy atom. The molecule has 11 nitrogen and oxygen atoms in total. The molecule has 1 saturated carbocycles. The highest BCUT2D eigenvalue weighted by Crippen LogP contribution is 2.59. The predicted molar refractivity (Wildman–Crippen MR) is 145 cm³/mol. The molecule has 3 aromatic heterocycles. The number of carbonyl (C=O) groups is 3. The summed E-state index contributed by atoms with van der Waals surface area (Å²) in [7, 11) is 0. The lowest BCUT2D eigenvalue weighted by Gasteiger charge is -2.26. The Morgan fingerprint density at radius 2 is 1.90 bits per heavy atom. The number of likely N-dealkylation sites (tertiary alicyclic amines) is 1. The number of Topliss-reactive ketones (excluding diaryl/α,β-unsaturated/α-hetero) is 1. The van der Waals surface area contributed by atoms with Crippen molar-refractivity contribution in [2.45, 2.75) is 45.3 Å². The number of hydrogen-bond acceptors (Lipinski definition) is 8. The molecule has 4 heterocycles. The number of nitrogens with zero attached hydrogens (tertiary/aromatic N) is 6. The number of fused-ring (bicyclic) bond motifs is 2. The summed E-state index contributed by atoms with van der Waals surface area (Å²) in [4.78, 5) is 53.0. The van der Waals surface area contributed by atoms with E-state index in [4.69, 9.17) is 0 Å². The number of aromatic nitrogens is 5. The molecule has 1 aliphatic heterocycles. The van der Waals surface area contributed by atoms with Crippen LogP contribution in [0.1, 0.15) is 37.2 Å². The second-order valence-electron chi connectivity index (χ2n) is 10.3. The summed E-state index contributed by atoms with van der Waals surface area (Å²) in [6, 6.07) is 9.67. The van der Waals surface area contributed by atoms with Crippen molar-refractivity contribution in [3.63, 3.8) is 0 Å². The van der Waals surface area contributed by atoms with E-state index in [1.807, 2.05) is 6.07 Å². The molecule has 0 spiro atoms. The van der Waals surface area contributed by atoms with Gasteiger partial charge in [0.15, 0.2) is 5.78 Å². The fourth-order valence-corrected chi connectivity index (χ4v) is 5.81. The number of carbonyl (C=O) groups excluding carboxylic acids is 3. The van der Waals surface area contributed by atoms with Crippen molar-refractivity contribution in [2.24, 2.45) is 5.41 Å². The molecule has 2 fully saturated rings. The molecule has 3 atom stereocenters. The number of hydrogen-bond donors (Lipinski definition) is 2. The van der Waals surface area contributed by atoms with Gasteiger partial charge in [-0.2, -0.15) is 5.10 Å². The largest absolute Gasteiger partial charge is 0.479 e. The number of piperidine rings is 1. The lowest BCUT2D eigenvalue weighted by molar-refractivity contribution is -0.138. The van der Waals surface area contributed by atoms with E-state index < -0.39 is 6.04 Å². The maximum absolute atomic E-state index is 13.7. The number of pyridine rings is 1. The van der Waals surface area contributed by atoms with Gasteiger partial charge in [0.05, 0.1) is 5.52 Å². The first-order valence-electron chi connectivity index (χ1n) is 12.4. The van der Waals surface area contributed by atoms with Crippen molar-refractivity contribution in [3.8, 4) is 17.1 Å². The number of anilines is 1. The van der Waals surface area contributed by atoms with E-state index in [1.54, 1.807) is 35.2 Å². The number of halogens is 1. The number of rotatable bonds is 6. The smallest absolute Gasteiger partial charge is 0.313 e. The molecule has 6 rings (SSSR count). The summed E-state index contributed by atoms with van der Waals surface area (Å²) in [5.74, 6) is -0.344. The Labute approximate surface area is 231 Å². The SMILES string of the molecule is CC(=O)c1nn(CC(=O)N2[C@H](C(=O)Nc3cccc(Br)n3)C[C@@]3(C)C[C@@H]23)c2ccc(-c3cnc(O)nc3)cc12. The maximum Gasteiger partial charge on any atom is 0.313 e. The normalized spacial score (nSPS) is 21.6. The summed E-state index contributed by atoms with van der Waals surface area (Å²) in [6.45, 7) is 3.40. The van der Waals surface area contributed by atoms with Gasteiger partial charge in [-0.25, -0.2) is 15.0 Å². The average Bonchev–Trinajstić information content (AvgIpc) is 3.26. The van der Waals surface area contributed by atoms with Crippen molar-refractivity contribution < 1.29 is 19.5 Å². The first kappa shape index (κ1) is 25.1. The number of nitrogens with one attached hydrogen (secondary N) is 1. The second kappa shape index (κ2) is 9.23. The number of benzene rings is 1. The third-order valence-electron chi connectivity index (χ3n) is 7.53. The van der Waals surface area contributed by atoms with Gasteiger partial charge in [-0.3, -0.25) is 19.1 Å². The Hall–Kier alpha value is -4.19. The molecule has 0 radical (unpaired) electrons. The number of amides is 2. The van der Waals surface area contributed by atoms with Gasteiger partial charge in [-0.05, 0) is 64.0 Å². The minimum Gasteiger partial charge on any atom is -0.479 e. The van der Waals surface area contributed by atoms with Crippen LogP contribution in [0.15, 0.2) is 53.4 Å². The Morgan fingerprint density at radius 3 is 2.62 bits per heavy atom. The lowest BCUT2D eigenvalue weighted by Crippen LogP contribution is -2.46. The standard InChI is InChI=1S/C27H24BrN7O4/c1-14(36)24-17-8-15(16-11-29-26(39)30-12-16)6-7-18(17)34(33-24)13-23(37)35-19(9-27(2)10-20(27)35)25(38)32-22-5-3-4-21(28)31-22/h3-8,11-12,19-20H,9-10,13H2,1-2H3,(H,29,30,39)(H,31,32,38)/t19-,20+,27-/m0/s1. The molecule has 12 heteroatoms. The van der Waals surface area contributed by atoms with Crippen LogP contribution in [0.25, 0.3) is 22.0 Å². The summed E-state index contributed by atoms with van der Waals surface area (Å²) in [6.07, 6.45) is 4.38. The molecular weight excluding hydrogens is 566 g/mol. The summed E-state index contributed by atoms with van der Waals surface area (Å²) in [5.41, 5.74) is 2.16.